The summed E-state index contributed by atoms with van der Waals surface area (Å²) in [5, 5.41) is 16.8. The van der Waals surface area contributed by atoms with Crippen molar-refractivity contribution in [3.63, 3.8) is 0 Å². The third-order valence-electron chi connectivity index (χ3n) is 2.89. The van der Waals surface area contributed by atoms with Crippen LogP contribution in [0.1, 0.15) is 28.5 Å². The first-order valence-corrected chi connectivity index (χ1v) is 5.79. The van der Waals surface area contributed by atoms with E-state index in [0.717, 1.165) is 16.7 Å². The van der Waals surface area contributed by atoms with Gasteiger partial charge < -0.3 is 5.11 Å². The number of hydrogen-bond acceptors (Lipinski definition) is 3. The van der Waals surface area contributed by atoms with Crippen LogP contribution >= 0.6 is 0 Å². The fraction of sp³-hybridized carbons (Fsp3) is 0.308. The van der Waals surface area contributed by atoms with E-state index in [1.165, 1.54) is 0 Å². The van der Waals surface area contributed by atoms with Gasteiger partial charge in [0.15, 0.2) is 5.69 Å². The van der Waals surface area contributed by atoms with Crippen LogP contribution in [0.2, 0.25) is 0 Å². The third kappa shape index (κ3) is 1.99. The molecule has 5 heteroatoms. The molecule has 0 spiro atoms. The van der Waals surface area contributed by atoms with Gasteiger partial charge in [0.05, 0.1) is 0 Å². The summed E-state index contributed by atoms with van der Waals surface area (Å²) >= 11 is 0. The normalized spacial score (nSPS) is 10.6. The molecule has 94 valence electrons. The van der Waals surface area contributed by atoms with E-state index in [-0.39, 0.29) is 5.69 Å². The summed E-state index contributed by atoms with van der Waals surface area (Å²) in [7, 11) is 0. The zero-order valence-corrected chi connectivity index (χ0v) is 10.6. The fourth-order valence-electron chi connectivity index (χ4n) is 1.94. The highest BCUT2D eigenvalue weighted by Crippen LogP contribution is 2.26. The second-order valence-corrected chi connectivity index (χ2v) is 4.23. The van der Waals surface area contributed by atoms with Crippen molar-refractivity contribution in [2.45, 2.75) is 27.3 Å². The molecule has 18 heavy (non-hydrogen) atoms. The van der Waals surface area contributed by atoms with Gasteiger partial charge in [0.2, 0.25) is 0 Å². The quantitative estimate of drug-likeness (QED) is 0.900. The number of carbonyl (C=O) groups is 1. The number of carboxylic acids is 1. The first kappa shape index (κ1) is 12.3. The maximum atomic E-state index is 11.2. The Labute approximate surface area is 105 Å². The van der Waals surface area contributed by atoms with Crippen LogP contribution in [0.3, 0.4) is 0 Å². The minimum absolute atomic E-state index is 0.00514. The standard InChI is InChI=1S/C13H15N3O2/c1-4-16-12(11(13(17)18)14-15-16)10-7-8(2)5-6-9(10)3/h5-7H,4H2,1-3H3,(H,17,18). The Morgan fingerprint density at radius 3 is 2.72 bits per heavy atom. The number of rotatable bonds is 3. The van der Waals surface area contributed by atoms with Crippen molar-refractivity contribution in [1.29, 1.82) is 0 Å². The lowest BCUT2D eigenvalue weighted by molar-refractivity contribution is 0.0691. The molecular weight excluding hydrogens is 230 g/mol. The van der Waals surface area contributed by atoms with Crippen LogP contribution in [0, 0.1) is 13.8 Å². The molecule has 0 aliphatic rings. The van der Waals surface area contributed by atoms with Crippen LogP contribution < -0.4 is 0 Å². The summed E-state index contributed by atoms with van der Waals surface area (Å²) in [6, 6.07) is 5.94. The Morgan fingerprint density at radius 2 is 2.11 bits per heavy atom. The third-order valence-corrected chi connectivity index (χ3v) is 2.89. The molecule has 0 unspecified atom stereocenters. The Morgan fingerprint density at radius 1 is 1.39 bits per heavy atom. The minimum Gasteiger partial charge on any atom is -0.476 e. The smallest absolute Gasteiger partial charge is 0.358 e. The molecule has 0 fully saturated rings. The van der Waals surface area contributed by atoms with Gasteiger partial charge in [-0.2, -0.15) is 0 Å². The molecule has 0 saturated heterocycles. The van der Waals surface area contributed by atoms with E-state index in [0.29, 0.717) is 12.2 Å². The lowest BCUT2D eigenvalue weighted by Crippen LogP contribution is -2.04. The first-order valence-electron chi connectivity index (χ1n) is 5.79. The number of hydrogen-bond donors (Lipinski definition) is 1. The van der Waals surface area contributed by atoms with E-state index in [1.54, 1.807) is 4.68 Å². The summed E-state index contributed by atoms with van der Waals surface area (Å²) in [5.41, 5.74) is 3.55. The van der Waals surface area contributed by atoms with E-state index in [2.05, 4.69) is 10.3 Å². The molecule has 1 heterocycles. The van der Waals surface area contributed by atoms with Gasteiger partial charge in [0.25, 0.3) is 0 Å². The second-order valence-electron chi connectivity index (χ2n) is 4.23. The Balaban J connectivity index is 2.72. The SMILES string of the molecule is CCn1nnc(C(=O)O)c1-c1cc(C)ccc1C. The zero-order valence-electron chi connectivity index (χ0n) is 10.6. The molecular formula is C13H15N3O2. The molecule has 1 aromatic carbocycles. The van der Waals surface area contributed by atoms with Gasteiger partial charge >= 0.3 is 5.97 Å². The van der Waals surface area contributed by atoms with Crippen LogP contribution in [0.4, 0.5) is 0 Å². The van der Waals surface area contributed by atoms with E-state index in [4.69, 9.17) is 0 Å². The van der Waals surface area contributed by atoms with E-state index >= 15 is 0 Å². The van der Waals surface area contributed by atoms with Crippen LogP contribution in [0.15, 0.2) is 18.2 Å². The molecule has 0 aliphatic heterocycles. The topological polar surface area (TPSA) is 68.0 Å². The highest BCUT2D eigenvalue weighted by molar-refractivity contribution is 5.93. The minimum atomic E-state index is -1.05. The number of aromatic nitrogens is 3. The average molecular weight is 245 g/mol. The fourth-order valence-corrected chi connectivity index (χ4v) is 1.94. The van der Waals surface area contributed by atoms with Crippen LogP contribution in [-0.4, -0.2) is 26.1 Å². The van der Waals surface area contributed by atoms with Gasteiger partial charge in [-0.1, -0.05) is 22.9 Å². The van der Waals surface area contributed by atoms with Gasteiger partial charge in [-0.15, -0.1) is 5.10 Å². The van der Waals surface area contributed by atoms with E-state index in [9.17, 15) is 9.90 Å². The lowest BCUT2D eigenvalue weighted by atomic mass is 10.0. The van der Waals surface area contributed by atoms with Crippen molar-refractivity contribution in [3.8, 4) is 11.3 Å². The van der Waals surface area contributed by atoms with Gasteiger partial charge in [0, 0.05) is 12.1 Å². The lowest BCUT2D eigenvalue weighted by Gasteiger charge is -2.09. The summed E-state index contributed by atoms with van der Waals surface area (Å²) in [4.78, 5) is 11.2. The molecule has 1 aromatic heterocycles. The van der Waals surface area contributed by atoms with Crippen molar-refractivity contribution in [3.05, 3.63) is 35.0 Å². The van der Waals surface area contributed by atoms with Gasteiger partial charge in [0.1, 0.15) is 5.69 Å². The van der Waals surface area contributed by atoms with Gasteiger partial charge in [-0.25, -0.2) is 9.48 Å². The molecule has 2 rings (SSSR count). The summed E-state index contributed by atoms with van der Waals surface area (Å²) < 4.78 is 1.62. The molecule has 0 atom stereocenters. The summed E-state index contributed by atoms with van der Waals surface area (Å²) in [5.74, 6) is -1.05. The van der Waals surface area contributed by atoms with Crippen molar-refractivity contribution in [2.24, 2.45) is 0 Å². The summed E-state index contributed by atoms with van der Waals surface area (Å²) in [6.45, 7) is 6.43. The van der Waals surface area contributed by atoms with Crippen LogP contribution in [0.25, 0.3) is 11.3 Å². The van der Waals surface area contributed by atoms with Crippen LogP contribution in [-0.2, 0) is 6.54 Å². The van der Waals surface area contributed by atoms with Crippen molar-refractivity contribution in [2.75, 3.05) is 0 Å². The zero-order chi connectivity index (χ0) is 13.3. The molecule has 0 bridgehead atoms. The largest absolute Gasteiger partial charge is 0.476 e. The summed E-state index contributed by atoms with van der Waals surface area (Å²) in [6.07, 6.45) is 0. The molecule has 0 saturated carbocycles. The predicted molar refractivity (Wildman–Crippen MR) is 67.6 cm³/mol. The van der Waals surface area contributed by atoms with E-state index in [1.807, 2.05) is 39.0 Å². The Bertz CT molecular complexity index is 602. The molecule has 2 aromatic rings. The van der Waals surface area contributed by atoms with Gasteiger partial charge in [-0.05, 0) is 32.4 Å². The maximum absolute atomic E-state index is 11.2. The molecule has 1 N–H and O–H groups in total. The maximum Gasteiger partial charge on any atom is 0.358 e. The Kier molecular flexibility index (Phi) is 3.14. The highest BCUT2D eigenvalue weighted by atomic mass is 16.4. The van der Waals surface area contributed by atoms with Crippen molar-refractivity contribution < 1.29 is 9.90 Å². The number of aromatic carboxylic acids is 1. The average Bonchev–Trinajstić information content (AvgIpc) is 2.75. The van der Waals surface area contributed by atoms with E-state index < -0.39 is 5.97 Å². The molecule has 0 amide bonds. The molecule has 0 radical (unpaired) electrons. The number of carboxylic acid groups (broad SMARTS) is 1. The predicted octanol–water partition coefficient (Wildman–Crippen LogP) is 2.28. The first-order chi connectivity index (χ1) is 8.54. The number of nitrogens with zero attached hydrogens (tertiary/aromatic N) is 3. The molecule has 5 nitrogen and oxygen atoms in total. The van der Waals surface area contributed by atoms with Crippen molar-refractivity contribution >= 4 is 5.97 Å². The monoisotopic (exact) mass is 245 g/mol. The Hall–Kier alpha value is -2.17. The van der Waals surface area contributed by atoms with Crippen LogP contribution in [0.5, 0.6) is 0 Å². The number of benzene rings is 1. The highest BCUT2D eigenvalue weighted by Gasteiger charge is 2.21. The molecule has 0 aliphatic carbocycles. The number of aryl methyl sites for hydroxylation is 3. The van der Waals surface area contributed by atoms with Crippen molar-refractivity contribution in [1.82, 2.24) is 15.0 Å². The van der Waals surface area contributed by atoms with Gasteiger partial charge in [-0.3, -0.25) is 0 Å². The second kappa shape index (κ2) is 4.60.